The summed E-state index contributed by atoms with van der Waals surface area (Å²) in [7, 11) is 0. The highest BCUT2D eigenvalue weighted by atomic mass is 15.2. The van der Waals surface area contributed by atoms with Gasteiger partial charge in [0.05, 0.1) is 0 Å². The largest absolute Gasteiger partial charge is 0.311 e. The van der Waals surface area contributed by atoms with Gasteiger partial charge in [-0.2, -0.15) is 0 Å². The second-order valence-electron chi connectivity index (χ2n) is 6.41. The number of nitrogens with zero attached hydrogens (tertiary/aromatic N) is 1. The topological polar surface area (TPSA) is 15.3 Å². The Morgan fingerprint density at radius 2 is 1.94 bits per heavy atom. The molecule has 2 nitrogen and oxygen atoms in total. The molecule has 2 saturated carbocycles. The van der Waals surface area contributed by atoms with Gasteiger partial charge < -0.3 is 5.32 Å². The van der Waals surface area contributed by atoms with Crippen molar-refractivity contribution in [3.05, 3.63) is 0 Å². The zero-order chi connectivity index (χ0) is 11.7. The van der Waals surface area contributed by atoms with Crippen LogP contribution in [-0.4, -0.2) is 36.6 Å². The number of nitrogens with one attached hydrogen (secondary N) is 1. The predicted octanol–water partition coefficient (Wildman–Crippen LogP) is 2.64. The Labute approximate surface area is 106 Å². The van der Waals surface area contributed by atoms with Crippen LogP contribution in [0.3, 0.4) is 0 Å². The summed E-state index contributed by atoms with van der Waals surface area (Å²) in [5.74, 6) is 2.00. The molecule has 17 heavy (non-hydrogen) atoms. The van der Waals surface area contributed by atoms with E-state index in [0.29, 0.717) is 0 Å². The zero-order valence-electron chi connectivity index (χ0n) is 11.3. The highest BCUT2D eigenvalue weighted by molar-refractivity contribution is 4.94. The van der Waals surface area contributed by atoms with E-state index in [1.165, 1.54) is 64.6 Å². The molecule has 0 radical (unpaired) electrons. The molecule has 3 atom stereocenters. The average Bonchev–Trinajstić information content (AvgIpc) is 3.23. The summed E-state index contributed by atoms with van der Waals surface area (Å²) in [4.78, 5) is 2.84. The molecule has 0 spiro atoms. The van der Waals surface area contributed by atoms with Crippen molar-refractivity contribution in [2.24, 2.45) is 11.8 Å². The first-order chi connectivity index (χ1) is 8.38. The zero-order valence-corrected chi connectivity index (χ0v) is 11.3. The molecule has 2 heteroatoms. The van der Waals surface area contributed by atoms with Crippen molar-refractivity contribution in [2.45, 2.75) is 64.0 Å². The highest BCUT2D eigenvalue weighted by Crippen LogP contribution is 2.36. The first-order valence-corrected chi connectivity index (χ1v) is 7.86. The summed E-state index contributed by atoms with van der Waals surface area (Å²) in [6.07, 6.45) is 10.3. The van der Waals surface area contributed by atoms with Crippen molar-refractivity contribution < 1.29 is 0 Å². The molecule has 1 saturated heterocycles. The molecule has 1 aliphatic heterocycles. The summed E-state index contributed by atoms with van der Waals surface area (Å²) >= 11 is 0. The van der Waals surface area contributed by atoms with Gasteiger partial charge in [-0.1, -0.05) is 26.2 Å². The van der Waals surface area contributed by atoms with E-state index in [2.05, 4.69) is 17.1 Å². The molecule has 0 aromatic heterocycles. The van der Waals surface area contributed by atoms with Gasteiger partial charge in [-0.3, -0.25) is 4.90 Å². The van der Waals surface area contributed by atoms with E-state index in [4.69, 9.17) is 0 Å². The minimum Gasteiger partial charge on any atom is -0.311 e. The van der Waals surface area contributed by atoms with Crippen molar-refractivity contribution in [2.75, 3.05) is 19.6 Å². The summed E-state index contributed by atoms with van der Waals surface area (Å²) < 4.78 is 0. The van der Waals surface area contributed by atoms with Crippen LogP contribution in [0.2, 0.25) is 0 Å². The van der Waals surface area contributed by atoms with E-state index in [1.54, 1.807) is 0 Å². The van der Waals surface area contributed by atoms with Crippen LogP contribution in [0.5, 0.6) is 0 Å². The average molecular weight is 236 g/mol. The first-order valence-electron chi connectivity index (χ1n) is 7.86. The third kappa shape index (κ3) is 2.68. The lowest BCUT2D eigenvalue weighted by molar-refractivity contribution is 0.0688. The summed E-state index contributed by atoms with van der Waals surface area (Å²) in [5.41, 5.74) is 0. The molecular weight excluding hydrogens is 208 g/mol. The molecule has 0 aromatic rings. The fraction of sp³-hybridized carbons (Fsp3) is 1.00. The molecule has 2 aliphatic carbocycles. The maximum absolute atomic E-state index is 3.74. The smallest absolute Gasteiger partial charge is 0.0223 e. The van der Waals surface area contributed by atoms with Gasteiger partial charge in [0.15, 0.2) is 0 Å². The molecule has 0 aromatic carbocycles. The van der Waals surface area contributed by atoms with Crippen molar-refractivity contribution in [1.29, 1.82) is 0 Å². The second kappa shape index (κ2) is 5.27. The van der Waals surface area contributed by atoms with E-state index in [-0.39, 0.29) is 0 Å². The Bertz CT molecular complexity index is 249. The lowest BCUT2D eigenvalue weighted by Gasteiger charge is -2.44. The van der Waals surface area contributed by atoms with Crippen LogP contribution in [0.15, 0.2) is 0 Å². The molecule has 0 bridgehead atoms. The fourth-order valence-electron chi connectivity index (χ4n) is 4.06. The van der Waals surface area contributed by atoms with E-state index in [9.17, 15) is 0 Å². The third-order valence-electron chi connectivity index (χ3n) is 5.29. The monoisotopic (exact) mass is 236 g/mol. The third-order valence-corrected chi connectivity index (χ3v) is 5.29. The maximum Gasteiger partial charge on any atom is 0.0223 e. The highest BCUT2D eigenvalue weighted by Gasteiger charge is 2.37. The van der Waals surface area contributed by atoms with E-state index >= 15 is 0 Å². The number of hydrogen-bond donors (Lipinski definition) is 1. The Hall–Kier alpha value is -0.0800. The van der Waals surface area contributed by atoms with Crippen LogP contribution in [0.25, 0.3) is 0 Å². The van der Waals surface area contributed by atoms with Gasteiger partial charge in [0.1, 0.15) is 0 Å². The molecule has 3 aliphatic rings. The molecule has 3 unspecified atom stereocenters. The number of hydrogen-bond acceptors (Lipinski definition) is 2. The van der Waals surface area contributed by atoms with Crippen LogP contribution in [-0.2, 0) is 0 Å². The van der Waals surface area contributed by atoms with Crippen molar-refractivity contribution in [3.63, 3.8) is 0 Å². The Morgan fingerprint density at radius 1 is 1.12 bits per heavy atom. The van der Waals surface area contributed by atoms with Crippen molar-refractivity contribution in [1.82, 2.24) is 10.2 Å². The van der Waals surface area contributed by atoms with Crippen LogP contribution in [0, 0.1) is 11.8 Å². The molecule has 3 rings (SSSR count). The van der Waals surface area contributed by atoms with Gasteiger partial charge in [-0.05, 0) is 37.5 Å². The van der Waals surface area contributed by atoms with E-state index in [0.717, 1.165) is 23.9 Å². The molecule has 1 heterocycles. The van der Waals surface area contributed by atoms with Crippen LogP contribution >= 0.6 is 0 Å². The van der Waals surface area contributed by atoms with E-state index in [1.807, 2.05) is 0 Å². The molecular formula is C15H28N2. The SMILES string of the molecule is CCC1CCCCC1N1CCNC(C2CC2)C1. The van der Waals surface area contributed by atoms with Crippen LogP contribution < -0.4 is 5.32 Å². The first kappa shape index (κ1) is 12.0. The molecule has 0 amide bonds. The van der Waals surface area contributed by atoms with Crippen LogP contribution in [0.1, 0.15) is 51.9 Å². The normalized spacial score (nSPS) is 40.4. The van der Waals surface area contributed by atoms with Gasteiger partial charge in [-0.15, -0.1) is 0 Å². The molecule has 1 N–H and O–H groups in total. The standard InChI is InChI=1S/C15H28N2/c1-2-12-5-3-4-6-15(12)17-10-9-16-14(11-17)13-7-8-13/h12-16H,2-11H2,1H3. The van der Waals surface area contributed by atoms with Gasteiger partial charge >= 0.3 is 0 Å². The van der Waals surface area contributed by atoms with Gasteiger partial charge in [0, 0.05) is 31.7 Å². The second-order valence-corrected chi connectivity index (χ2v) is 6.41. The van der Waals surface area contributed by atoms with E-state index < -0.39 is 0 Å². The molecule has 98 valence electrons. The lowest BCUT2D eigenvalue weighted by atomic mass is 9.81. The minimum absolute atomic E-state index is 0.822. The van der Waals surface area contributed by atoms with Crippen molar-refractivity contribution in [3.8, 4) is 0 Å². The maximum atomic E-state index is 3.74. The predicted molar refractivity (Wildman–Crippen MR) is 72.1 cm³/mol. The Kier molecular flexibility index (Phi) is 3.72. The summed E-state index contributed by atoms with van der Waals surface area (Å²) in [6.45, 7) is 6.26. The lowest BCUT2D eigenvalue weighted by Crippen LogP contribution is -2.56. The summed E-state index contributed by atoms with van der Waals surface area (Å²) in [6, 6.07) is 1.74. The Morgan fingerprint density at radius 3 is 2.71 bits per heavy atom. The van der Waals surface area contributed by atoms with Gasteiger partial charge in [0.2, 0.25) is 0 Å². The van der Waals surface area contributed by atoms with Gasteiger partial charge in [-0.25, -0.2) is 0 Å². The summed E-state index contributed by atoms with van der Waals surface area (Å²) in [5, 5.41) is 3.74. The Balaban J connectivity index is 1.60. The van der Waals surface area contributed by atoms with Crippen molar-refractivity contribution >= 4 is 0 Å². The van der Waals surface area contributed by atoms with Gasteiger partial charge in [0.25, 0.3) is 0 Å². The quantitative estimate of drug-likeness (QED) is 0.810. The van der Waals surface area contributed by atoms with Crippen LogP contribution in [0.4, 0.5) is 0 Å². The number of piperazine rings is 1. The molecule has 3 fully saturated rings. The minimum atomic E-state index is 0.822. The fourth-order valence-corrected chi connectivity index (χ4v) is 4.06. The number of rotatable bonds is 3.